The van der Waals surface area contributed by atoms with Gasteiger partial charge in [0.15, 0.2) is 5.60 Å². The van der Waals surface area contributed by atoms with E-state index < -0.39 is 5.60 Å². The molecule has 3 aliphatic heterocycles. The molecule has 1 saturated heterocycles. The molecule has 1 saturated carbocycles. The van der Waals surface area contributed by atoms with Crippen molar-refractivity contribution in [2.24, 2.45) is 5.92 Å². The molecule has 3 heterocycles. The number of piperidine rings is 1. The smallest absolute Gasteiger partial charge is 0.332 e. The summed E-state index contributed by atoms with van der Waals surface area (Å²) in [5.41, 5.74) is 1.49. The average Bonchev–Trinajstić information content (AvgIpc) is 3.20. The maximum absolute atomic E-state index is 12.1. The van der Waals surface area contributed by atoms with Crippen LogP contribution in [0.2, 0.25) is 0 Å². The van der Waals surface area contributed by atoms with Crippen LogP contribution in [-0.4, -0.2) is 35.1 Å². The molecule has 0 aromatic heterocycles. The van der Waals surface area contributed by atoms with E-state index in [4.69, 9.17) is 4.74 Å². The fourth-order valence-electron chi connectivity index (χ4n) is 5.22. The van der Waals surface area contributed by atoms with Gasteiger partial charge in [0.2, 0.25) is 0 Å². The first-order chi connectivity index (χ1) is 12.1. The van der Waals surface area contributed by atoms with E-state index in [9.17, 15) is 4.79 Å². The number of hydrogen-bond acceptors (Lipinski definition) is 3. The van der Waals surface area contributed by atoms with Crippen molar-refractivity contribution in [3.63, 3.8) is 0 Å². The molecule has 0 bridgehead atoms. The maximum atomic E-state index is 12.1. The summed E-state index contributed by atoms with van der Waals surface area (Å²) in [7, 11) is 0. The van der Waals surface area contributed by atoms with Crippen LogP contribution in [0.5, 0.6) is 0 Å². The van der Waals surface area contributed by atoms with Crippen LogP contribution in [0.15, 0.2) is 23.3 Å². The molecule has 0 radical (unpaired) electrons. The molecular weight excluding hydrogens is 310 g/mol. The first kappa shape index (κ1) is 16.9. The number of ether oxygens (including phenoxy) is 1. The van der Waals surface area contributed by atoms with Gasteiger partial charge in [-0.3, -0.25) is 4.90 Å². The Hall–Kier alpha value is -1.53. The maximum Gasteiger partial charge on any atom is 0.332 e. The van der Waals surface area contributed by atoms with E-state index in [-0.39, 0.29) is 12.0 Å². The summed E-state index contributed by atoms with van der Waals surface area (Å²) in [6, 6.07) is 0.599. The van der Waals surface area contributed by atoms with Gasteiger partial charge in [-0.25, -0.2) is 4.79 Å². The molecule has 134 valence electrons. The van der Waals surface area contributed by atoms with Gasteiger partial charge in [-0.15, -0.1) is 0 Å². The lowest BCUT2D eigenvalue weighted by Crippen LogP contribution is -2.55. The fraction of sp³-hybridized carbons (Fsp3) is 0.682. The van der Waals surface area contributed by atoms with Gasteiger partial charge in [0.1, 0.15) is 0 Å². The molecule has 4 rings (SSSR count). The first-order valence-corrected chi connectivity index (χ1v) is 10.00. The molecule has 2 fully saturated rings. The number of carbonyl (C=O) groups is 1. The Labute approximate surface area is 151 Å². The second-order valence-corrected chi connectivity index (χ2v) is 8.31. The van der Waals surface area contributed by atoms with Crippen molar-refractivity contribution in [3.8, 4) is 11.8 Å². The average molecular weight is 339 g/mol. The van der Waals surface area contributed by atoms with Gasteiger partial charge < -0.3 is 4.74 Å². The van der Waals surface area contributed by atoms with Crippen LogP contribution < -0.4 is 0 Å². The summed E-state index contributed by atoms with van der Waals surface area (Å²) in [6.07, 6.45) is 13.8. The zero-order valence-corrected chi connectivity index (χ0v) is 15.5. The third kappa shape index (κ3) is 3.06. The molecule has 3 atom stereocenters. The molecule has 3 nitrogen and oxygen atoms in total. The molecule has 0 amide bonds. The number of esters is 1. The summed E-state index contributed by atoms with van der Waals surface area (Å²) in [5, 5.41) is 0. The monoisotopic (exact) mass is 339 g/mol. The summed E-state index contributed by atoms with van der Waals surface area (Å²) < 4.78 is 5.88. The zero-order valence-electron chi connectivity index (χ0n) is 15.5. The minimum absolute atomic E-state index is 0.207. The Morgan fingerprint density at radius 2 is 2.00 bits per heavy atom. The van der Waals surface area contributed by atoms with Crippen LogP contribution in [0.25, 0.3) is 0 Å². The van der Waals surface area contributed by atoms with Gasteiger partial charge in [-0.2, -0.15) is 0 Å². The van der Waals surface area contributed by atoms with E-state index in [1.165, 1.54) is 38.5 Å². The Balaban J connectivity index is 1.66. The van der Waals surface area contributed by atoms with E-state index in [1.54, 1.807) is 6.08 Å². The van der Waals surface area contributed by atoms with Gasteiger partial charge in [0.05, 0.1) is 6.04 Å². The highest BCUT2D eigenvalue weighted by Gasteiger charge is 2.51. The Morgan fingerprint density at radius 1 is 1.24 bits per heavy atom. The topological polar surface area (TPSA) is 29.5 Å². The minimum Gasteiger partial charge on any atom is -0.450 e. The van der Waals surface area contributed by atoms with E-state index in [0.717, 1.165) is 36.5 Å². The van der Waals surface area contributed by atoms with E-state index in [0.29, 0.717) is 6.04 Å². The van der Waals surface area contributed by atoms with Crippen molar-refractivity contribution in [2.75, 3.05) is 6.54 Å². The van der Waals surface area contributed by atoms with E-state index >= 15 is 0 Å². The third-order valence-corrected chi connectivity index (χ3v) is 6.60. The van der Waals surface area contributed by atoms with Crippen LogP contribution in [0, 0.1) is 17.8 Å². The van der Waals surface area contributed by atoms with E-state index in [2.05, 4.69) is 36.7 Å². The number of nitrogens with zero attached hydrogens (tertiary/aromatic N) is 1. The van der Waals surface area contributed by atoms with Gasteiger partial charge in [-0.05, 0) is 52.0 Å². The molecule has 0 spiro atoms. The highest BCUT2D eigenvalue weighted by Crippen LogP contribution is 2.44. The molecule has 25 heavy (non-hydrogen) atoms. The second kappa shape index (κ2) is 6.65. The minimum atomic E-state index is -0.546. The number of fused-ring (bicyclic) bond motifs is 3. The molecule has 4 aliphatic rings. The van der Waals surface area contributed by atoms with E-state index in [1.807, 2.05) is 0 Å². The SMILES string of the molecule is C[C@H]1C=C(C#CCC2CCCC2)C2=CC(=O)O[C@]2(C)[C@H]2CCCCN12. The van der Waals surface area contributed by atoms with Crippen molar-refractivity contribution >= 4 is 5.97 Å². The van der Waals surface area contributed by atoms with Crippen LogP contribution in [0.4, 0.5) is 0 Å². The normalized spacial score (nSPS) is 35.7. The van der Waals surface area contributed by atoms with Gasteiger partial charge >= 0.3 is 5.97 Å². The summed E-state index contributed by atoms with van der Waals surface area (Å²) in [6.45, 7) is 5.42. The molecule has 1 aliphatic carbocycles. The molecule has 0 aromatic carbocycles. The Morgan fingerprint density at radius 3 is 2.80 bits per heavy atom. The Kier molecular flexibility index (Phi) is 4.50. The summed E-state index contributed by atoms with van der Waals surface area (Å²) in [4.78, 5) is 14.6. The lowest BCUT2D eigenvalue weighted by atomic mass is 9.81. The Bertz CT molecular complexity index is 674. The first-order valence-electron chi connectivity index (χ1n) is 10.00. The summed E-state index contributed by atoms with van der Waals surface area (Å²) in [5.74, 6) is 7.42. The standard InChI is InChI=1S/C22H29NO2/c1-16-14-18(11-7-10-17-8-3-4-9-17)19-15-21(24)25-22(19,2)20-12-5-6-13-23(16)20/h14-17,20H,3-6,8-10,12-13H2,1-2H3/t16-,20+,22-/m0/s1. The van der Waals surface area contributed by atoms with Crippen LogP contribution >= 0.6 is 0 Å². The highest BCUT2D eigenvalue weighted by molar-refractivity contribution is 5.89. The van der Waals surface area contributed by atoms with Crippen LogP contribution in [0.3, 0.4) is 0 Å². The number of carbonyl (C=O) groups excluding carboxylic acids is 1. The highest BCUT2D eigenvalue weighted by atomic mass is 16.6. The molecule has 0 aromatic rings. The largest absolute Gasteiger partial charge is 0.450 e. The molecule has 0 N–H and O–H groups in total. The predicted molar refractivity (Wildman–Crippen MR) is 98.8 cm³/mol. The quantitative estimate of drug-likeness (QED) is 0.534. The molecule has 3 heteroatoms. The van der Waals surface area contributed by atoms with Crippen LogP contribution in [0.1, 0.15) is 65.2 Å². The van der Waals surface area contributed by atoms with Crippen molar-refractivity contribution in [3.05, 3.63) is 23.3 Å². The number of rotatable bonds is 1. The number of hydrogen-bond donors (Lipinski definition) is 0. The predicted octanol–water partition coefficient (Wildman–Crippen LogP) is 4.00. The lowest BCUT2D eigenvalue weighted by molar-refractivity contribution is -0.151. The zero-order chi connectivity index (χ0) is 17.4. The van der Waals surface area contributed by atoms with Gasteiger partial charge in [0.25, 0.3) is 0 Å². The second-order valence-electron chi connectivity index (χ2n) is 8.31. The third-order valence-electron chi connectivity index (χ3n) is 6.60. The summed E-state index contributed by atoms with van der Waals surface area (Å²) >= 11 is 0. The fourth-order valence-corrected chi connectivity index (χ4v) is 5.22. The lowest BCUT2D eigenvalue weighted by Gasteiger charge is -2.45. The van der Waals surface area contributed by atoms with Gasteiger partial charge in [-0.1, -0.05) is 37.2 Å². The molecule has 0 unspecified atom stereocenters. The van der Waals surface area contributed by atoms with Gasteiger partial charge in [0, 0.05) is 29.7 Å². The van der Waals surface area contributed by atoms with Crippen molar-refractivity contribution in [2.45, 2.75) is 82.9 Å². The van der Waals surface area contributed by atoms with Crippen molar-refractivity contribution < 1.29 is 9.53 Å². The van der Waals surface area contributed by atoms with Crippen molar-refractivity contribution in [1.82, 2.24) is 4.90 Å². The van der Waals surface area contributed by atoms with Crippen molar-refractivity contribution in [1.29, 1.82) is 0 Å². The van der Waals surface area contributed by atoms with Crippen LogP contribution in [-0.2, 0) is 9.53 Å². The molecular formula is C22H29NO2.